The SMILES string of the molecule is C.CCN(C(C)C)C(C)C.COc1ccc2c(c1)CN(C(=O)Oc1ccc(Br)cc1)C2.COc1ccc2c(c1)CNC2.O=C(Cl)Oc1ccc(Br)cc1. The average molecular weight is 878 g/mol. The summed E-state index contributed by atoms with van der Waals surface area (Å²) in [5.74, 6) is 2.73. The number of rotatable bonds is 7. The topological polar surface area (TPSA) is 89.6 Å². The molecule has 288 valence electrons. The van der Waals surface area contributed by atoms with Gasteiger partial charge in [-0.2, -0.15) is 0 Å². The predicted molar refractivity (Wildman–Crippen MR) is 221 cm³/mol. The van der Waals surface area contributed by atoms with Gasteiger partial charge in [-0.3, -0.25) is 9.80 Å². The number of hydrogen-bond acceptors (Lipinski definition) is 8. The first-order valence-corrected chi connectivity index (χ1v) is 18.9. The van der Waals surface area contributed by atoms with Crippen molar-refractivity contribution in [1.29, 1.82) is 0 Å². The predicted octanol–water partition coefficient (Wildman–Crippen LogP) is 11.2. The zero-order chi connectivity index (χ0) is 38.2. The zero-order valence-electron chi connectivity index (χ0n) is 30.8. The summed E-state index contributed by atoms with van der Waals surface area (Å²) in [6, 6.07) is 27.5. The van der Waals surface area contributed by atoms with E-state index in [9.17, 15) is 9.59 Å². The molecule has 0 radical (unpaired) electrons. The molecule has 0 aromatic heterocycles. The van der Waals surface area contributed by atoms with Crippen molar-refractivity contribution in [3.8, 4) is 23.0 Å². The summed E-state index contributed by atoms with van der Waals surface area (Å²) in [5.41, 5.74) is 4.16. The number of ether oxygens (including phenoxy) is 4. The molecule has 0 saturated heterocycles. The number of carbonyl (C=O) groups excluding carboxylic acids is 2. The van der Waals surface area contributed by atoms with Crippen molar-refractivity contribution in [3.63, 3.8) is 0 Å². The second kappa shape index (κ2) is 23.2. The van der Waals surface area contributed by atoms with Crippen molar-refractivity contribution in [1.82, 2.24) is 15.1 Å². The van der Waals surface area contributed by atoms with Crippen LogP contribution in [0.15, 0.2) is 93.9 Å². The summed E-state index contributed by atoms with van der Waals surface area (Å²) in [4.78, 5) is 26.5. The molecular formula is C41H52Br2ClN3O6. The number of methoxy groups -OCH3 is 2. The van der Waals surface area contributed by atoms with Gasteiger partial charge in [0, 0.05) is 58.8 Å². The first kappa shape index (κ1) is 45.5. The quantitative estimate of drug-likeness (QED) is 0.184. The lowest BCUT2D eigenvalue weighted by molar-refractivity contribution is 0.152. The van der Waals surface area contributed by atoms with Gasteiger partial charge in [0.15, 0.2) is 0 Å². The minimum Gasteiger partial charge on any atom is -0.497 e. The van der Waals surface area contributed by atoms with Gasteiger partial charge in [0.2, 0.25) is 0 Å². The molecule has 0 unspecified atom stereocenters. The number of fused-ring (bicyclic) bond motifs is 2. The Morgan fingerprint density at radius 1 is 0.698 bits per heavy atom. The molecule has 0 saturated carbocycles. The molecule has 12 heteroatoms. The van der Waals surface area contributed by atoms with E-state index in [-0.39, 0.29) is 13.5 Å². The molecule has 0 aliphatic carbocycles. The lowest BCUT2D eigenvalue weighted by atomic mass is 10.1. The number of benzene rings is 4. The first-order chi connectivity index (χ1) is 24.8. The molecule has 0 bridgehead atoms. The highest BCUT2D eigenvalue weighted by molar-refractivity contribution is 9.10. The summed E-state index contributed by atoms with van der Waals surface area (Å²) >= 11 is 11.6. The van der Waals surface area contributed by atoms with Crippen molar-refractivity contribution in [2.75, 3.05) is 20.8 Å². The van der Waals surface area contributed by atoms with Crippen LogP contribution in [0.3, 0.4) is 0 Å². The van der Waals surface area contributed by atoms with Gasteiger partial charge in [0.1, 0.15) is 23.0 Å². The fourth-order valence-electron chi connectivity index (χ4n) is 5.61. The summed E-state index contributed by atoms with van der Waals surface area (Å²) in [6.45, 7) is 15.4. The van der Waals surface area contributed by atoms with E-state index in [2.05, 4.69) is 93.6 Å². The largest absolute Gasteiger partial charge is 0.497 e. The van der Waals surface area contributed by atoms with E-state index in [1.165, 1.54) is 11.1 Å². The fraction of sp³-hybridized carbons (Fsp3) is 0.366. The van der Waals surface area contributed by atoms with Crippen molar-refractivity contribution in [2.45, 2.75) is 80.3 Å². The third-order valence-corrected chi connectivity index (χ3v) is 9.30. The molecule has 2 heterocycles. The Hall–Kier alpha value is -3.61. The van der Waals surface area contributed by atoms with Crippen molar-refractivity contribution >= 4 is 55.0 Å². The molecule has 53 heavy (non-hydrogen) atoms. The van der Waals surface area contributed by atoms with E-state index in [0.29, 0.717) is 36.7 Å². The monoisotopic (exact) mass is 875 g/mol. The maximum absolute atomic E-state index is 12.2. The lowest BCUT2D eigenvalue weighted by Gasteiger charge is -2.28. The third kappa shape index (κ3) is 15.3. The van der Waals surface area contributed by atoms with Crippen molar-refractivity contribution in [2.24, 2.45) is 0 Å². The Balaban J connectivity index is 0.000000261. The molecule has 0 fully saturated rings. The van der Waals surface area contributed by atoms with E-state index in [1.807, 2.05) is 36.4 Å². The fourth-order valence-corrected chi connectivity index (χ4v) is 6.23. The normalized spacial score (nSPS) is 12.1. The molecule has 2 aliphatic rings. The standard InChI is InChI=1S/C16H14BrNO3.C9H11NO.C8H19N.C7H4BrClO2.CH4/c1-20-15-5-2-11-9-18(10-12(11)8-15)16(19)21-14-6-3-13(17)4-7-14;1-11-9-3-2-7-5-10-6-8(7)4-9;1-6-9(7(2)3)8(4)5;8-5-1-3-6(4-2-5)11-7(9)10;/h2-8H,9-10H2,1H3;2-4,10H,5-6H2,1H3;7-8H,6H2,1-5H3;1-4H;1H4. The molecule has 4 aromatic rings. The Labute approximate surface area is 337 Å². The number of nitrogens with one attached hydrogen (secondary N) is 1. The maximum atomic E-state index is 12.2. The van der Waals surface area contributed by atoms with Gasteiger partial charge in [0.25, 0.3) is 0 Å². The van der Waals surface area contributed by atoms with Gasteiger partial charge in [-0.25, -0.2) is 9.59 Å². The molecule has 2 aliphatic heterocycles. The van der Waals surface area contributed by atoms with Crippen molar-refractivity contribution in [3.05, 3.63) is 116 Å². The number of nitrogens with zero attached hydrogens (tertiary/aromatic N) is 2. The molecular weight excluding hydrogens is 826 g/mol. The third-order valence-electron chi connectivity index (χ3n) is 8.16. The van der Waals surface area contributed by atoms with Crippen LogP contribution in [0, 0.1) is 0 Å². The Morgan fingerprint density at radius 2 is 1.13 bits per heavy atom. The minimum atomic E-state index is -0.827. The second-order valence-corrected chi connectivity index (χ2v) is 14.5. The molecule has 0 spiro atoms. The summed E-state index contributed by atoms with van der Waals surface area (Å²) in [5, 5.41) is 3.28. The molecule has 1 amide bonds. The smallest absolute Gasteiger partial charge is 0.415 e. The van der Waals surface area contributed by atoms with E-state index in [0.717, 1.165) is 51.2 Å². The highest BCUT2D eigenvalue weighted by Gasteiger charge is 2.25. The van der Waals surface area contributed by atoms with Crippen LogP contribution in [0.25, 0.3) is 0 Å². The molecule has 6 rings (SSSR count). The Bertz CT molecular complexity index is 1710. The summed E-state index contributed by atoms with van der Waals surface area (Å²) in [7, 11) is 3.33. The Morgan fingerprint density at radius 3 is 1.58 bits per heavy atom. The number of halogens is 3. The van der Waals surface area contributed by atoms with E-state index >= 15 is 0 Å². The van der Waals surface area contributed by atoms with Crippen LogP contribution in [-0.4, -0.2) is 54.2 Å². The maximum Gasteiger partial charge on any atom is 0.415 e. The number of amides is 1. The van der Waals surface area contributed by atoms with Gasteiger partial charge in [0.05, 0.1) is 14.2 Å². The van der Waals surface area contributed by atoms with Crippen LogP contribution in [0.4, 0.5) is 9.59 Å². The highest BCUT2D eigenvalue weighted by Crippen LogP contribution is 2.28. The Kier molecular flexibility index (Phi) is 20.0. The van der Waals surface area contributed by atoms with Gasteiger partial charge < -0.3 is 24.3 Å². The van der Waals surface area contributed by atoms with Crippen LogP contribution < -0.4 is 24.3 Å². The van der Waals surface area contributed by atoms with Crippen LogP contribution in [-0.2, 0) is 26.2 Å². The average Bonchev–Trinajstić information content (AvgIpc) is 3.77. The zero-order valence-corrected chi connectivity index (χ0v) is 34.7. The van der Waals surface area contributed by atoms with E-state index < -0.39 is 5.43 Å². The molecule has 0 atom stereocenters. The van der Waals surface area contributed by atoms with Gasteiger partial charge in [-0.05, 0) is 129 Å². The first-order valence-electron chi connectivity index (χ1n) is 17.0. The van der Waals surface area contributed by atoms with Crippen LogP contribution in [0.2, 0.25) is 0 Å². The number of hydrogen-bond donors (Lipinski definition) is 1. The molecule has 4 aromatic carbocycles. The minimum absolute atomic E-state index is 0. The van der Waals surface area contributed by atoms with Gasteiger partial charge >= 0.3 is 11.5 Å². The van der Waals surface area contributed by atoms with Crippen LogP contribution in [0.1, 0.15) is 64.3 Å². The van der Waals surface area contributed by atoms with E-state index in [4.69, 9.17) is 25.8 Å². The number of carbonyl (C=O) groups is 2. The molecule has 9 nitrogen and oxygen atoms in total. The van der Waals surface area contributed by atoms with Gasteiger partial charge in [-0.1, -0.05) is 58.3 Å². The highest BCUT2D eigenvalue weighted by atomic mass is 79.9. The second-order valence-electron chi connectivity index (χ2n) is 12.4. The van der Waals surface area contributed by atoms with Crippen molar-refractivity contribution < 1.29 is 28.5 Å². The van der Waals surface area contributed by atoms with Gasteiger partial charge in [-0.15, -0.1) is 0 Å². The van der Waals surface area contributed by atoms with E-state index in [1.54, 1.807) is 55.5 Å². The van der Waals surface area contributed by atoms with Crippen LogP contribution in [0.5, 0.6) is 23.0 Å². The van der Waals surface area contributed by atoms with Crippen LogP contribution >= 0.6 is 43.5 Å². The lowest BCUT2D eigenvalue weighted by Crippen LogP contribution is -2.36. The summed E-state index contributed by atoms with van der Waals surface area (Å²) < 4.78 is 22.1. The summed E-state index contributed by atoms with van der Waals surface area (Å²) in [6.07, 6.45) is -0.340. The molecule has 1 N–H and O–H groups in total.